The summed E-state index contributed by atoms with van der Waals surface area (Å²) in [6.07, 6.45) is -1.97. The smallest absolute Gasteiger partial charge is 0.395 e. The van der Waals surface area contributed by atoms with E-state index in [1.807, 2.05) is 13.8 Å². The maximum Gasteiger partial charge on any atom is 0.395 e. The maximum atomic E-state index is 12.5. The molecule has 6 N–H and O–H groups in total. The topological polar surface area (TPSA) is 392 Å². The standard InChI is InChI=1S/C17H33O8PS2.C17H33O7PS2.C14H25O5PS.C7H14O3Si.C7H10O3.C4H12OSi/c1-5-17(4,15(22)25-26-11-27)10-16(2,3)14(21)24-7-13(20)9-28(23)8-12(19)6-18;1-5-17(4,15(22)24-25-11-26)10-16(2,3)14(21)23-7-13(20)9-27-8-12(19)6-18;1-5-14(4,12(16)19-20-9-21)8-13(2,3)11(15)18-7-10-6-17-10;1-6(2)7(8)10-11(4,5)9-3;1-5(2)7(8)10-4-6-3-9-6;1-5-6(2,3)4/h12-13,18-20,26-27H,5-11H2,1-4H3;12-13,18-20,25-26H,5-11H2,1-4H3;10,20-21H,5-9H2,1-4H3;1H2,2-5H3;6H,1,3-4H2,2H3;1-4H3/i26D;25D;20D;;;. The lowest BCUT2D eigenvalue weighted by molar-refractivity contribution is -0.162. The van der Waals surface area contributed by atoms with Crippen LogP contribution in [0.1, 0.15) is 135 Å². The van der Waals surface area contributed by atoms with E-state index in [0.29, 0.717) is 56.7 Å². The Morgan fingerprint density at radius 2 is 0.854 bits per heavy atom. The summed E-state index contributed by atoms with van der Waals surface area (Å²) in [5, 5.41) is 55.8. The van der Waals surface area contributed by atoms with Gasteiger partial charge in [-0.1, -0.05) is 33.9 Å². The van der Waals surface area contributed by atoms with E-state index in [1.165, 1.54) is 18.9 Å². The molecule has 0 aromatic heterocycles. The minimum Gasteiger partial charge on any atom is -0.491 e. The lowest BCUT2D eigenvalue weighted by Gasteiger charge is -2.33. The van der Waals surface area contributed by atoms with Gasteiger partial charge in [0.15, 0.2) is 8.32 Å². The predicted octanol–water partition coefficient (Wildman–Crippen LogP) is 8.89. The van der Waals surface area contributed by atoms with Gasteiger partial charge in [-0.2, -0.15) is 49.6 Å². The van der Waals surface area contributed by atoms with Gasteiger partial charge in [-0.3, -0.25) is 33.0 Å². The Labute approximate surface area is 647 Å². The summed E-state index contributed by atoms with van der Waals surface area (Å²) in [6, 6.07) is 0. The normalized spacial score (nSPS) is 18.5. The summed E-state index contributed by atoms with van der Waals surface area (Å²) in [5.74, 6) is -3.63. The zero-order valence-electron chi connectivity index (χ0n) is 67.5. The Kier molecular flexibility index (Phi) is 53.7. The zero-order chi connectivity index (χ0) is 83.6. The number of aliphatic hydroxyl groups is 6. The van der Waals surface area contributed by atoms with E-state index >= 15 is 0 Å². The molecule has 2 aliphatic heterocycles. The van der Waals surface area contributed by atoms with Crippen LogP contribution in [-0.4, -0.2) is 247 Å². The monoisotopic (exact) mass is 1660 g/mol. The van der Waals surface area contributed by atoms with Gasteiger partial charge >= 0.3 is 56.3 Å². The van der Waals surface area contributed by atoms with Crippen LogP contribution in [0.3, 0.4) is 0 Å². The van der Waals surface area contributed by atoms with Gasteiger partial charge in [-0.25, -0.2) is 9.59 Å². The van der Waals surface area contributed by atoms with Crippen molar-refractivity contribution in [2.24, 2.45) is 32.5 Å². The molecule has 0 radical (unpaired) electrons. The van der Waals surface area contributed by atoms with Crippen molar-refractivity contribution in [3.8, 4) is 0 Å². The molecule has 0 bridgehead atoms. The van der Waals surface area contributed by atoms with Crippen molar-refractivity contribution in [1.29, 1.82) is 3.84 Å². The fourth-order valence-electron chi connectivity index (χ4n) is 7.87. The second-order valence-electron chi connectivity index (χ2n) is 28.3. The summed E-state index contributed by atoms with van der Waals surface area (Å²) in [4.78, 5) is 96.0. The molecule has 0 spiro atoms. The molecule has 0 aromatic rings. The Balaban J connectivity index is -0.000000628. The Bertz CT molecular complexity index is 2690. The van der Waals surface area contributed by atoms with Gasteiger partial charge in [0, 0.05) is 64.2 Å². The highest BCUT2D eigenvalue weighted by molar-refractivity contribution is 7.99. The van der Waals surface area contributed by atoms with Crippen LogP contribution in [0.15, 0.2) is 24.3 Å². The van der Waals surface area contributed by atoms with Crippen LogP contribution in [0.25, 0.3) is 0 Å². The molecular formula is C66H127O27P3S5Si2. The number of thioether (sulfide) groups is 1. The summed E-state index contributed by atoms with van der Waals surface area (Å²) >= 11 is 13.1. The molecule has 27 nitrogen and oxygen atoms in total. The third kappa shape index (κ3) is 52.0. The first kappa shape index (κ1) is 101. The number of hydrogen-bond acceptors (Lipinski definition) is 31. The second kappa shape index (κ2) is 54.7. The number of rotatable bonds is 44. The van der Waals surface area contributed by atoms with Crippen LogP contribution in [0.4, 0.5) is 0 Å². The van der Waals surface area contributed by atoms with Gasteiger partial charge in [0.25, 0.3) is 0 Å². The fraction of sp³-hybridized carbons (Fsp3) is 0.818. The molecule has 0 aromatic carbocycles. The van der Waals surface area contributed by atoms with Crippen LogP contribution in [-0.2, 0) is 104 Å². The highest BCUT2D eigenvalue weighted by atomic mass is 32.2. The summed E-state index contributed by atoms with van der Waals surface area (Å²) < 4.78 is 95.3. The Morgan fingerprint density at radius 3 is 1.15 bits per heavy atom. The molecule has 13 atom stereocenters. The first-order valence-electron chi connectivity index (χ1n) is 34.6. The van der Waals surface area contributed by atoms with Crippen molar-refractivity contribution in [2.45, 2.75) is 205 Å². The zero-order valence-corrected chi connectivity index (χ0v) is 73.5. The molecule has 13 unspecified atom stereocenters. The first-order chi connectivity index (χ1) is 48.5. The SMILES string of the molecule is C=C(C)C(=O)OCC1CO1.C=C(C)C(=O)O[Si](C)(C)OC.CO[Si](C)(C)C.[2H]P(CS)OC(=O)C(C)(CC)CC(C)(C)C(=O)OCC(O)CS(=O)CC(O)CO.[2H]P(CS)OC(=O)C(C)(CC)CC(C)(C)C(=O)OCC(O)CSCC(O)CO.[2H]P(CS)OC(=O)C(C)(CC)CC(C)(C)C(=O)OCC1CO1. The number of hydrogen-bond donors (Lipinski definition) is 9. The number of ether oxygens (including phenoxy) is 6. The van der Waals surface area contributed by atoms with Crippen molar-refractivity contribution >= 4 is 151 Å². The lowest BCUT2D eigenvalue weighted by Crippen LogP contribution is -2.39. The molecule has 606 valence electrons. The van der Waals surface area contributed by atoms with E-state index in [0.717, 1.165) is 0 Å². The number of aliphatic hydroxyl groups excluding tert-OH is 6. The van der Waals surface area contributed by atoms with Gasteiger partial charge in [0.1, 0.15) is 42.5 Å². The highest BCUT2D eigenvalue weighted by Crippen LogP contribution is 2.43. The van der Waals surface area contributed by atoms with Crippen LogP contribution in [0.2, 0.25) is 32.7 Å². The molecular weight excluding hydrogens is 1530 g/mol. The second-order valence-corrected chi connectivity index (χ2v) is 43.7. The van der Waals surface area contributed by atoms with Crippen LogP contribution in [0.5, 0.6) is 0 Å². The summed E-state index contributed by atoms with van der Waals surface area (Å²) in [6.45, 7) is 41.4. The largest absolute Gasteiger partial charge is 0.491 e. The molecule has 0 aliphatic carbocycles. The lowest BCUT2D eigenvalue weighted by atomic mass is 9.72. The van der Waals surface area contributed by atoms with Gasteiger partial charge < -0.3 is 85.9 Å². The van der Waals surface area contributed by atoms with Gasteiger partial charge in [-0.15, -0.1) is 0 Å². The third-order valence-corrected chi connectivity index (χ3v) is 22.9. The van der Waals surface area contributed by atoms with Crippen LogP contribution >= 0.6 is 75.9 Å². The van der Waals surface area contributed by atoms with Gasteiger partial charge in [0.05, 0.1) is 121 Å². The Hall–Kier alpha value is -1.89. The van der Waals surface area contributed by atoms with Gasteiger partial charge in [-0.05, 0) is 147 Å². The first-order valence-corrected chi connectivity index (χ1v) is 47.0. The number of carbonyl (C=O) groups excluding carboxylic acids is 8. The number of esters is 4. The van der Waals surface area contributed by atoms with Gasteiger partial charge in [0.2, 0.25) is 0 Å². The third-order valence-electron chi connectivity index (χ3n) is 14.9. The fourth-order valence-corrected chi connectivity index (χ4v) is 12.4. The van der Waals surface area contributed by atoms with E-state index in [-0.39, 0.29) is 109 Å². The van der Waals surface area contributed by atoms with Crippen LogP contribution in [0, 0.1) is 32.5 Å². The van der Waals surface area contributed by atoms with Crippen LogP contribution < -0.4 is 0 Å². The Morgan fingerprint density at radius 1 is 0.544 bits per heavy atom. The maximum absolute atomic E-state index is 12.5. The molecule has 2 saturated heterocycles. The molecule has 0 saturated carbocycles. The highest BCUT2D eigenvalue weighted by Gasteiger charge is 2.46. The van der Waals surface area contributed by atoms with Crippen molar-refractivity contribution in [1.82, 2.24) is 0 Å². The van der Waals surface area contributed by atoms with Crippen molar-refractivity contribution in [3.05, 3.63) is 24.3 Å². The minimum absolute atomic E-state index is 0.0181. The van der Waals surface area contributed by atoms with E-state index < -0.39 is 147 Å². The van der Waals surface area contributed by atoms with E-state index in [9.17, 15) is 63.0 Å². The molecule has 103 heavy (non-hydrogen) atoms. The quantitative estimate of drug-likeness (QED) is 0.00522. The number of carbonyl (C=O) groups is 8. The van der Waals surface area contributed by atoms with Crippen molar-refractivity contribution in [2.75, 3.05) is 107 Å². The minimum atomic E-state index is -2.21. The number of thiol groups is 3. The van der Waals surface area contributed by atoms with E-state index in [2.05, 4.69) is 70.7 Å². The van der Waals surface area contributed by atoms with Crippen molar-refractivity contribution < 1.29 is 128 Å². The average Bonchev–Trinajstić information content (AvgIpc) is 1.16. The molecule has 2 heterocycles. The van der Waals surface area contributed by atoms with E-state index in [1.54, 1.807) is 103 Å². The predicted molar refractivity (Wildman–Crippen MR) is 422 cm³/mol. The number of epoxide rings is 2. The molecule has 2 rings (SSSR count). The molecule has 37 heteroatoms. The molecule has 0 amide bonds. The molecule has 2 fully saturated rings. The summed E-state index contributed by atoms with van der Waals surface area (Å²) in [5.41, 5.74) is -4.32. The average molecular weight is 1670 g/mol. The van der Waals surface area contributed by atoms with E-state index in [4.69, 9.17) is 69.3 Å². The molecule has 2 aliphatic rings. The summed E-state index contributed by atoms with van der Waals surface area (Å²) in [7, 11) is -6.65. The van der Waals surface area contributed by atoms with Crippen molar-refractivity contribution in [3.63, 3.8) is 0 Å².